The van der Waals surface area contributed by atoms with Gasteiger partial charge in [0.05, 0.1) is 0 Å². The number of piperidine rings is 1. The summed E-state index contributed by atoms with van der Waals surface area (Å²) in [6, 6.07) is 7.82. The maximum Gasteiger partial charge on any atom is 0.230 e. The molecule has 0 radical (unpaired) electrons. The number of hydrogen-bond donors (Lipinski definition) is 0. The average Bonchev–Trinajstić information content (AvgIpc) is 2.98. The molecule has 0 N–H and O–H groups in total. The molecule has 1 aromatic heterocycles. The lowest BCUT2D eigenvalue weighted by molar-refractivity contribution is -0.129. The Kier molecular flexibility index (Phi) is 4.05. The van der Waals surface area contributed by atoms with Gasteiger partial charge in [0.15, 0.2) is 0 Å². The topological polar surface area (TPSA) is 59.2 Å². The summed E-state index contributed by atoms with van der Waals surface area (Å²) in [5.41, 5.74) is 0.939. The van der Waals surface area contributed by atoms with Gasteiger partial charge in [-0.25, -0.2) is 0 Å². The first-order chi connectivity index (χ1) is 10.1. The Hall–Kier alpha value is -1.69. The van der Waals surface area contributed by atoms with Crippen molar-refractivity contribution in [1.29, 1.82) is 0 Å². The van der Waals surface area contributed by atoms with Crippen LogP contribution in [0.25, 0.3) is 11.4 Å². The molecule has 2 heterocycles. The van der Waals surface area contributed by atoms with E-state index in [1.807, 2.05) is 29.2 Å². The fourth-order valence-corrected chi connectivity index (χ4v) is 2.82. The van der Waals surface area contributed by atoms with E-state index in [0.717, 1.165) is 36.0 Å². The fraction of sp³-hybridized carbons (Fsp3) is 0.400. The van der Waals surface area contributed by atoms with Crippen molar-refractivity contribution in [2.45, 2.75) is 25.7 Å². The number of halogens is 1. The van der Waals surface area contributed by atoms with Crippen LogP contribution in [0.5, 0.6) is 0 Å². The predicted octanol–water partition coefficient (Wildman–Crippen LogP) is 3.23. The molecule has 0 spiro atoms. The van der Waals surface area contributed by atoms with Crippen molar-refractivity contribution in [3.05, 3.63) is 34.6 Å². The standard InChI is InChI=1S/C15H16BrN3O2/c1-10(20)19-8-6-12(7-9-19)15-17-14(18-21-15)11-2-4-13(16)5-3-11/h2-5,12H,6-9H2,1H3. The van der Waals surface area contributed by atoms with Crippen LogP contribution in [0.3, 0.4) is 0 Å². The molecular weight excluding hydrogens is 334 g/mol. The van der Waals surface area contributed by atoms with E-state index in [9.17, 15) is 4.79 Å². The molecule has 1 aliphatic heterocycles. The third kappa shape index (κ3) is 3.15. The zero-order chi connectivity index (χ0) is 14.8. The largest absolute Gasteiger partial charge is 0.343 e. The Bertz CT molecular complexity index is 631. The molecule has 0 atom stereocenters. The summed E-state index contributed by atoms with van der Waals surface area (Å²) in [6.45, 7) is 3.13. The predicted molar refractivity (Wildman–Crippen MR) is 81.7 cm³/mol. The minimum atomic E-state index is 0.134. The average molecular weight is 350 g/mol. The number of rotatable bonds is 2. The SMILES string of the molecule is CC(=O)N1CCC(c2nc(-c3ccc(Br)cc3)no2)CC1. The normalized spacial score (nSPS) is 16.2. The number of carbonyl (C=O) groups is 1. The number of aromatic nitrogens is 2. The lowest BCUT2D eigenvalue weighted by atomic mass is 9.97. The van der Waals surface area contributed by atoms with Crippen LogP contribution in [0.2, 0.25) is 0 Å². The summed E-state index contributed by atoms with van der Waals surface area (Å²) in [5, 5.41) is 4.06. The molecule has 5 nitrogen and oxygen atoms in total. The van der Waals surface area contributed by atoms with Crippen LogP contribution in [0, 0.1) is 0 Å². The van der Waals surface area contributed by atoms with Crippen LogP contribution in [0.4, 0.5) is 0 Å². The van der Waals surface area contributed by atoms with E-state index in [2.05, 4.69) is 26.1 Å². The molecule has 0 bridgehead atoms. The van der Waals surface area contributed by atoms with Gasteiger partial charge in [0.25, 0.3) is 0 Å². The Morgan fingerprint density at radius 1 is 1.29 bits per heavy atom. The number of likely N-dealkylation sites (tertiary alicyclic amines) is 1. The van der Waals surface area contributed by atoms with Gasteiger partial charge in [-0.15, -0.1) is 0 Å². The number of carbonyl (C=O) groups excluding carboxylic acids is 1. The lowest BCUT2D eigenvalue weighted by Crippen LogP contribution is -2.36. The maximum absolute atomic E-state index is 11.3. The summed E-state index contributed by atoms with van der Waals surface area (Å²) in [7, 11) is 0. The van der Waals surface area contributed by atoms with Gasteiger partial charge in [0.2, 0.25) is 17.6 Å². The molecule has 1 saturated heterocycles. The Labute approximate surface area is 131 Å². The van der Waals surface area contributed by atoms with Gasteiger partial charge in [0, 0.05) is 36.0 Å². The molecule has 110 valence electrons. The van der Waals surface area contributed by atoms with E-state index < -0.39 is 0 Å². The van der Waals surface area contributed by atoms with Crippen molar-refractivity contribution in [1.82, 2.24) is 15.0 Å². The summed E-state index contributed by atoms with van der Waals surface area (Å²) in [4.78, 5) is 17.7. The molecule has 6 heteroatoms. The van der Waals surface area contributed by atoms with E-state index in [1.54, 1.807) is 6.92 Å². The second kappa shape index (κ2) is 5.97. The van der Waals surface area contributed by atoms with E-state index >= 15 is 0 Å². The molecule has 1 aliphatic rings. The maximum atomic E-state index is 11.3. The molecular formula is C15H16BrN3O2. The lowest BCUT2D eigenvalue weighted by Gasteiger charge is -2.29. The smallest absolute Gasteiger partial charge is 0.230 e. The first kappa shape index (κ1) is 14.3. The summed E-state index contributed by atoms with van der Waals surface area (Å²) in [6.07, 6.45) is 1.75. The number of hydrogen-bond acceptors (Lipinski definition) is 4. The van der Waals surface area contributed by atoms with Gasteiger partial charge in [-0.2, -0.15) is 4.98 Å². The van der Waals surface area contributed by atoms with E-state index in [0.29, 0.717) is 11.7 Å². The monoisotopic (exact) mass is 349 g/mol. The van der Waals surface area contributed by atoms with Crippen LogP contribution < -0.4 is 0 Å². The van der Waals surface area contributed by atoms with Crippen LogP contribution >= 0.6 is 15.9 Å². The van der Waals surface area contributed by atoms with Gasteiger partial charge < -0.3 is 9.42 Å². The molecule has 0 saturated carbocycles. The summed E-state index contributed by atoms with van der Waals surface area (Å²) < 4.78 is 6.43. The minimum Gasteiger partial charge on any atom is -0.343 e. The number of amides is 1. The second-order valence-corrected chi connectivity index (χ2v) is 6.16. The van der Waals surface area contributed by atoms with Crippen LogP contribution in [0.15, 0.2) is 33.3 Å². The summed E-state index contributed by atoms with van der Waals surface area (Å²) >= 11 is 3.41. The van der Waals surface area contributed by atoms with Gasteiger partial charge in [-0.1, -0.05) is 21.1 Å². The highest BCUT2D eigenvalue weighted by Gasteiger charge is 2.26. The van der Waals surface area contributed by atoms with Crippen molar-refractivity contribution < 1.29 is 9.32 Å². The van der Waals surface area contributed by atoms with Crippen molar-refractivity contribution in [2.75, 3.05) is 13.1 Å². The van der Waals surface area contributed by atoms with Gasteiger partial charge >= 0.3 is 0 Å². The summed E-state index contributed by atoms with van der Waals surface area (Å²) in [5.74, 6) is 1.68. The number of benzene rings is 1. The fourth-order valence-electron chi connectivity index (χ4n) is 2.56. The van der Waals surface area contributed by atoms with E-state index in [4.69, 9.17) is 4.52 Å². The molecule has 1 aromatic carbocycles. The molecule has 0 unspecified atom stereocenters. The Morgan fingerprint density at radius 2 is 1.95 bits per heavy atom. The molecule has 0 aliphatic carbocycles. The second-order valence-electron chi connectivity index (χ2n) is 5.24. The van der Waals surface area contributed by atoms with Gasteiger partial charge in [0.1, 0.15) is 0 Å². The quantitative estimate of drug-likeness (QED) is 0.834. The molecule has 3 rings (SSSR count). The van der Waals surface area contributed by atoms with Crippen LogP contribution in [-0.4, -0.2) is 34.0 Å². The molecule has 21 heavy (non-hydrogen) atoms. The van der Waals surface area contributed by atoms with Gasteiger partial charge in [-0.3, -0.25) is 4.79 Å². The zero-order valence-electron chi connectivity index (χ0n) is 11.8. The molecule has 1 fully saturated rings. The Morgan fingerprint density at radius 3 is 2.57 bits per heavy atom. The Balaban J connectivity index is 1.71. The minimum absolute atomic E-state index is 0.134. The van der Waals surface area contributed by atoms with Crippen LogP contribution in [0.1, 0.15) is 31.6 Å². The molecule has 1 amide bonds. The first-order valence-electron chi connectivity index (χ1n) is 6.98. The highest BCUT2D eigenvalue weighted by molar-refractivity contribution is 9.10. The van der Waals surface area contributed by atoms with E-state index in [-0.39, 0.29) is 11.8 Å². The van der Waals surface area contributed by atoms with Crippen molar-refractivity contribution in [3.63, 3.8) is 0 Å². The van der Waals surface area contributed by atoms with Crippen molar-refractivity contribution >= 4 is 21.8 Å². The zero-order valence-corrected chi connectivity index (χ0v) is 13.3. The highest BCUT2D eigenvalue weighted by atomic mass is 79.9. The van der Waals surface area contributed by atoms with Crippen LogP contribution in [-0.2, 0) is 4.79 Å². The van der Waals surface area contributed by atoms with Crippen molar-refractivity contribution in [2.24, 2.45) is 0 Å². The number of nitrogens with zero attached hydrogens (tertiary/aromatic N) is 3. The van der Waals surface area contributed by atoms with Crippen molar-refractivity contribution in [3.8, 4) is 11.4 Å². The first-order valence-corrected chi connectivity index (χ1v) is 7.78. The highest BCUT2D eigenvalue weighted by Crippen LogP contribution is 2.28. The van der Waals surface area contributed by atoms with E-state index in [1.165, 1.54) is 0 Å². The third-order valence-electron chi connectivity index (χ3n) is 3.83. The molecule has 2 aromatic rings. The third-order valence-corrected chi connectivity index (χ3v) is 4.36. The van der Waals surface area contributed by atoms with Gasteiger partial charge in [-0.05, 0) is 37.1 Å².